The van der Waals surface area contributed by atoms with E-state index in [4.69, 9.17) is 0 Å². The van der Waals surface area contributed by atoms with E-state index >= 15 is 0 Å². The third-order valence-corrected chi connectivity index (χ3v) is 3.51. The number of hydrogen-bond donors (Lipinski definition) is 1. The summed E-state index contributed by atoms with van der Waals surface area (Å²) in [5.74, 6) is 0. The second kappa shape index (κ2) is 6.55. The van der Waals surface area contributed by atoms with Crippen LogP contribution in [0, 0.1) is 0 Å². The van der Waals surface area contributed by atoms with Crippen molar-refractivity contribution in [3.63, 3.8) is 0 Å². The molecule has 96 valence electrons. The van der Waals surface area contributed by atoms with Gasteiger partial charge in [-0.25, -0.2) is 0 Å². The van der Waals surface area contributed by atoms with E-state index in [-0.39, 0.29) is 0 Å². The molecule has 0 spiro atoms. The largest absolute Gasteiger partial charge is 0.310 e. The molecule has 2 aromatic carbocycles. The fourth-order valence-corrected chi connectivity index (χ4v) is 2.34. The summed E-state index contributed by atoms with van der Waals surface area (Å²) in [5, 5.41) is 6.33. The molecule has 1 nitrogen and oxygen atoms in total. The number of hydrogen-bond acceptors (Lipinski definition) is 1. The molecule has 0 saturated carbocycles. The SMILES string of the molecule is CCCCC(C)NCc1cccc2ccccc12. The Hall–Kier alpha value is -1.34. The van der Waals surface area contributed by atoms with Crippen LogP contribution in [0.5, 0.6) is 0 Å². The normalized spacial score (nSPS) is 12.8. The van der Waals surface area contributed by atoms with Crippen molar-refractivity contribution in [3.8, 4) is 0 Å². The Kier molecular flexibility index (Phi) is 4.77. The van der Waals surface area contributed by atoms with Gasteiger partial charge in [0, 0.05) is 12.6 Å². The van der Waals surface area contributed by atoms with Gasteiger partial charge in [-0.15, -0.1) is 0 Å². The number of benzene rings is 2. The van der Waals surface area contributed by atoms with Crippen LogP contribution in [0.2, 0.25) is 0 Å². The van der Waals surface area contributed by atoms with Gasteiger partial charge in [-0.2, -0.15) is 0 Å². The molecule has 0 heterocycles. The van der Waals surface area contributed by atoms with Gasteiger partial charge in [0.05, 0.1) is 0 Å². The van der Waals surface area contributed by atoms with Crippen molar-refractivity contribution < 1.29 is 0 Å². The van der Waals surface area contributed by atoms with Crippen LogP contribution in [-0.2, 0) is 6.54 Å². The molecule has 2 aromatic rings. The van der Waals surface area contributed by atoms with E-state index in [9.17, 15) is 0 Å². The Labute approximate surface area is 110 Å². The Bertz CT molecular complexity index is 484. The van der Waals surface area contributed by atoms with Crippen molar-refractivity contribution in [1.82, 2.24) is 5.32 Å². The third kappa shape index (κ3) is 3.33. The van der Waals surface area contributed by atoms with Gasteiger partial charge in [-0.3, -0.25) is 0 Å². The number of nitrogens with one attached hydrogen (secondary N) is 1. The molecule has 2 rings (SSSR count). The Morgan fingerprint density at radius 1 is 1.06 bits per heavy atom. The third-order valence-electron chi connectivity index (χ3n) is 3.51. The van der Waals surface area contributed by atoms with Crippen LogP contribution in [0.15, 0.2) is 42.5 Å². The maximum Gasteiger partial charge on any atom is 0.0214 e. The minimum atomic E-state index is 0.601. The molecule has 1 atom stereocenters. The molecule has 0 aliphatic heterocycles. The smallest absolute Gasteiger partial charge is 0.0214 e. The molecule has 18 heavy (non-hydrogen) atoms. The van der Waals surface area contributed by atoms with E-state index in [1.54, 1.807) is 0 Å². The second-order valence-corrected chi connectivity index (χ2v) is 5.06. The van der Waals surface area contributed by atoms with Crippen LogP contribution < -0.4 is 5.32 Å². The highest BCUT2D eigenvalue weighted by Crippen LogP contribution is 2.18. The summed E-state index contributed by atoms with van der Waals surface area (Å²) in [7, 11) is 0. The Morgan fingerprint density at radius 2 is 1.83 bits per heavy atom. The average Bonchev–Trinajstić information content (AvgIpc) is 2.42. The van der Waals surface area contributed by atoms with Crippen LogP contribution in [0.1, 0.15) is 38.7 Å². The van der Waals surface area contributed by atoms with Gasteiger partial charge in [-0.1, -0.05) is 62.2 Å². The van der Waals surface area contributed by atoms with Gasteiger partial charge in [0.15, 0.2) is 0 Å². The summed E-state index contributed by atoms with van der Waals surface area (Å²) in [5.41, 5.74) is 1.40. The maximum absolute atomic E-state index is 3.63. The van der Waals surface area contributed by atoms with Gasteiger partial charge in [0.25, 0.3) is 0 Å². The van der Waals surface area contributed by atoms with E-state index in [0.717, 1.165) is 6.54 Å². The summed E-state index contributed by atoms with van der Waals surface area (Å²) in [6.07, 6.45) is 3.85. The highest BCUT2D eigenvalue weighted by Gasteiger charge is 2.03. The molecule has 0 aromatic heterocycles. The molecular weight excluding hydrogens is 218 g/mol. The van der Waals surface area contributed by atoms with Crippen molar-refractivity contribution in [2.75, 3.05) is 0 Å². The molecule has 0 amide bonds. The summed E-state index contributed by atoms with van der Waals surface area (Å²) >= 11 is 0. The highest BCUT2D eigenvalue weighted by molar-refractivity contribution is 5.85. The van der Waals surface area contributed by atoms with Gasteiger partial charge in [0.1, 0.15) is 0 Å². The van der Waals surface area contributed by atoms with Crippen molar-refractivity contribution >= 4 is 10.8 Å². The monoisotopic (exact) mass is 241 g/mol. The lowest BCUT2D eigenvalue weighted by atomic mass is 10.0. The van der Waals surface area contributed by atoms with Crippen molar-refractivity contribution in [1.29, 1.82) is 0 Å². The first-order valence-corrected chi connectivity index (χ1v) is 7.01. The number of rotatable bonds is 6. The summed E-state index contributed by atoms with van der Waals surface area (Å²) in [4.78, 5) is 0. The molecule has 0 saturated heterocycles. The molecule has 0 radical (unpaired) electrons. The van der Waals surface area contributed by atoms with E-state index in [2.05, 4.69) is 61.6 Å². The zero-order valence-electron chi connectivity index (χ0n) is 11.4. The zero-order valence-corrected chi connectivity index (χ0v) is 11.4. The van der Waals surface area contributed by atoms with Crippen LogP contribution in [-0.4, -0.2) is 6.04 Å². The van der Waals surface area contributed by atoms with Crippen molar-refractivity contribution in [2.45, 2.75) is 45.7 Å². The molecule has 0 fully saturated rings. The first-order chi connectivity index (χ1) is 8.81. The lowest BCUT2D eigenvalue weighted by Gasteiger charge is -2.14. The first kappa shape index (κ1) is 13.1. The quantitative estimate of drug-likeness (QED) is 0.784. The Balaban J connectivity index is 2.03. The van der Waals surface area contributed by atoms with E-state index in [1.807, 2.05) is 0 Å². The van der Waals surface area contributed by atoms with Gasteiger partial charge < -0.3 is 5.32 Å². The van der Waals surface area contributed by atoms with Crippen LogP contribution in [0.4, 0.5) is 0 Å². The molecule has 0 bridgehead atoms. The molecule has 1 unspecified atom stereocenters. The van der Waals surface area contributed by atoms with E-state index in [1.165, 1.54) is 35.6 Å². The first-order valence-electron chi connectivity index (χ1n) is 7.01. The van der Waals surface area contributed by atoms with Crippen LogP contribution in [0.25, 0.3) is 10.8 Å². The van der Waals surface area contributed by atoms with E-state index in [0.29, 0.717) is 6.04 Å². The van der Waals surface area contributed by atoms with Crippen molar-refractivity contribution in [3.05, 3.63) is 48.0 Å². The summed E-state index contributed by atoms with van der Waals surface area (Å²) in [6.45, 7) is 5.49. The lowest BCUT2D eigenvalue weighted by Crippen LogP contribution is -2.25. The zero-order chi connectivity index (χ0) is 12.8. The summed E-state index contributed by atoms with van der Waals surface area (Å²) < 4.78 is 0. The molecule has 0 aliphatic carbocycles. The van der Waals surface area contributed by atoms with Crippen LogP contribution >= 0.6 is 0 Å². The van der Waals surface area contributed by atoms with Gasteiger partial charge >= 0.3 is 0 Å². The molecule has 1 heteroatoms. The second-order valence-electron chi connectivity index (χ2n) is 5.06. The molecule has 1 N–H and O–H groups in total. The number of unbranched alkanes of at least 4 members (excludes halogenated alkanes) is 1. The number of fused-ring (bicyclic) bond motifs is 1. The molecular formula is C17H23N. The van der Waals surface area contributed by atoms with Crippen molar-refractivity contribution in [2.24, 2.45) is 0 Å². The minimum Gasteiger partial charge on any atom is -0.310 e. The highest BCUT2D eigenvalue weighted by atomic mass is 14.9. The standard InChI is InChI=1S/C17H23N/c1-3-4-8-14(2)18-13-16-11-7-10-15-9-5-6-12-17(15)16/h5-7,9-12,14,18H,3-4,8,13H2,1-2H3. The topological polar surface area (TPSA) is 12.0 Å². The van der Waals surface area contributed by atoms with Gasteiger partial charge in [-0.05, 0) is 29.7 Å². The fraction of sp³-hybridized carbons (Fsp3) is 0.412. The Morgan fingerprint density at radius 3 is 2.67 bits per heavy atom. The predicted octanol–water partition coefficient (Wildman–Crippen LogP) is 4.51. The van der Waals surface area contributed by atoms with E-state index < -0.39 is 0 Å². The minimum absolute atomic E-state index is 0.601. The summed E-state index contributed by atoms with van der Waals surface area (Å²) in [6, 6.07) is 15.8. The predicted molar refractivity (Wildman–Crippen MR) is 79.8 cm³/mol. The fourth-order valence-electron chi connectivity index (χ4n) is 2.34. The lowest BCUT2D eigenvalue weighted by molar-refractivity contribution is 0.496. The maximum atomic E-state index is 3.63. The average molecular weight is 241 g/mol. The van der Waals surface area contributed by atoms with Gasteiger partial charge in [0.2, 0.25) is 0 Å². The van der Waals surface area contributed by atoms with Crippen LogP contribution in [0.3, 0.4) is 0 Å². The molecule has 0 aliphatic rings.